The standard InChI is InChI=1S/C15H14BrF3N2O2/c1-10(16)13-20-7-12(14(22)21(13)9-15(17,18)19)23-8-11-5-3-2-4-6-11/h2-7,10H,8-9H2,1H3. The van der Waals surface area contributed by atoms with Gasteiger partial charge in [0.1, 0.15) is 19.0 Å². The minimum absolute atomic E-state index is 0.000568. The Morgan fingerprint density at radius 2 is 1.96 bits per heavy atom. The van der Waals surface area contributed by atoms with E-state index in [-0.39, 0.29) is 18.2 Å². The molecular formula is C15H14BrF3N2O2. The average Bonchev–Trinajstić information content (AvgIpc) is 2.47. The van der Waals surface area contributed by atoms with E-state index in [4.69, 9.17) is 4.74 Å². The molecule has 0 saturated carbocycles. The van der Waals surface area contributed by atoms with Crippen molar-refractivity contribution in [3.63, 3.8) is 0 Å². The summed E-state index contributed by atoms with van der Waals surface area (Å²) in [7, 11) is 0. The first-order valence-corrected chi connectivity index (χ1v) is 7.67. The van der Waals surface area contributed by atoms with Crippen molar-refractivity contribution >= 4 is 15.9 Å². The summed E-state index contributed by atoms with van der Waals surface area (Å²) in [4.78, 5) is 15.7. The van der Waals surface area contributed by atoms with Gasteiger partial charge in [0.05, 0.1) is 11.0 Å². The van der Waals surface area contributed by atoms with Gasteiger partial charge in [-0.1, -0.05) is 46.3 Å². The Balaban J connectivity index is 2.31. The highest BCUT2D eigenvalue weighted by molar-refractivity contribution is 9.09. The van der Waals surface area contributed by atoms with E-state index in [9.17, 15) is 18.0 Å². The highest BCUT2D eigenvalue weighted by Crippen LogP contribution is 2.23. The molecule has 0 N–H and O–H groups in total. The zero-order valence-corrected chi connectivity index (χ0v) is 13.8. The number of aromatic nitrogens is 2. The van der Waals surface area contributed by atoms with Crippen LogP contribution < -0.4 is 10.3 Å². The monoisotopic (exact) mass is 390 g/mol. The van der Waals surface area contributed by atoms with E-state index in [1.807, 2.05) is 6.07 Å². The first kappa shape index (κ1) is 17.5. The molecular weight excluding hydrogens is 377 g/mol. The van der Waals surface area contributed by atoms with Gasteiger partial charge in [-0.05, 0) is 12.5 Å². The summed E-state index contributed by atoms with van der Waals surface area (Å²) < 4.78 is 44.0. The van der Waals surface area contributed by atoms with Crippen LogP contribution in [0.1, 0.15) is 23.1 Å². The maximum Gasteiger partial charge on any atom is 0.406 e. The Bertz CT molecular complexity index is 715. The first-order chi connectivity index (χ1) is 10.8. The van der Waals surface area contributed by atoms with Gasteiger partial charge in [0.25, 0.3) is 5.56 Å². The second kappa shape index (κ2) is 7.16. The van der Waals surface area contributed by atoms with Crippen molar-refractivity contribution in [3.05, 3.63) is 58.3 Å². The van der Waals surface area contributed by atoms with Gasteiger partial charge in [-0.15, -0.1) is 0 Å². The molecule has 1 heterocycles. The molecule has 0 aliphatic heterocycles. The third-order valence-corrected chi connectivity index (χ3v) is 3.39. The molecule has 0 amide bonds. The van der Waals surface area contributed by atoms with Crippen LogP contribution in [-0.2, 0) is 13.2 Å². The molecule has 23 heavy (non-hydrogen) atoms. The molecule has 4 nitrogen and oxygen atoms in total. The van der Waals surface area contributed by atoms with Crippen molar-refractivity contribution in [2.45, 2.75) is 31.1 Å². The highest BCUT2D eigenvalue weighted by atomic mass is 79.9. The first-order valence-electron chi connectivity index (χ1n) is 6.75. The van der Waals surface area contributed by atoms with Crippen LogP contribution in [0.3, 0.4) is 0 Å². The number of alkyl halides is 4. The number of benzene rings is 1. The van der Waals surface area contributed by atoms with Gasteiger partial charge < -0.3 is 4.74 Å². The summed E-state index contributed by atoms with van der Waals surface area (Å²) in [6.45, 7) is 0.263. The van der Waals surface area contributed by atoms with E-state index in [0.717, 1.165) is 11.8 Å². The van der Waals surface area contributed by atoms with Gasteiger partial charge in [0.15, 0.2) is 0 Å². The van der Waals surface area contributed by atoms with Gasteiger partial charge >= 0.3 is 6.18 Å². The molecule has 2 rings (SSSR count). The van der Waals surface area contributed by atoms with Gasteiger partial charge in [-0.25, -0.2) is 4.98 Å². The van der Waals surface area contributed by atoms with E-state index in [1.54, 1.807) is 31.2 Å². The van der Waals surface area contributed by atoms with Crippen LogP contribution in [0.4, 0.5) is 13.2 Å². The molecule has 0 fully saturated rings. The lowest BCUT2D eigenvalue weighted by Crippen LogP contribution is -2.32. The number of hydrogen-bond acceptors (Lipinski definition) is 3. The van der Waals surface area contributed by atoms with Crippen molar-refractivity contribution < 1.29 is 17.9 Å². The number of hydrogen-bond donors (Lipinski definition) is 0. The van der Waals surface area contributed by atoms with E-state index in [2.05, 4.69) is 20.9 Å². The smallest absolute Gasteiger partial charge is 0.406 e. The van der Waals surface area contributed by atoms with Crippen LogP contribution in [0, 0.1) is 0 Å². The van der Waals surface area contributed by atoms with Crippen LogP contribution in [0.5, 0.6) is 5.75 Å². The van der Waals surface area contributed by atoms with Gasteiger partial charge in [0.2, 0.25) is 5.75 Å². The molecule has 1 aromatic heterocycles. The van der Waals surface area contributed by atoms with Crippen molar-refractivity contribution in [3.8, 4) is 5.75 Å². The molecule has 124 valence electrons. The van der Waals surface area contributed by atoms with Crippen LogP contribution in [-0.4, -0.2) is 15.7 Å². The normalized spacial score (nSPS) is 12.9. The largest absolute Gasteiger partial charge is 0.482 e. The summed E-state index contributed by atoms with van der Waals surface area (Å²) >= 11 is 3.14. The van der Waals surface area contributed by atoms with Crippen LogP contribution in [0.15, 0.2) is 41.3 Å². The summed E-state index contributed by atoms with van der Waals surface area (Å²) in [5.41, 5.74) is -0.0539. The molecule has 1 unspecified atom stereocenters. The predicted octanol–water partition coefficient (Wildman–Crippen LogP) is 3.84. The van der Waals surface area contributed by atoms with Gasteiger partial charge in [-0.2, -0.15) is 13.2 Å². The van der Waals surface area contributed by atoms with Crippen molar-refractivity contribution in [2.24, 2.45) is 0 Å². The fourth-order valence-electron chi connectivity index (χ4n) is 1.97. The van der Waals surface area contributed by atoms with E-state index >= 15 is 0 Å². The number of rotatable bonds is 5. The SMILES string of the molecule is CC(Br)c1ncc(OCc2ccccc2)c(=O)n1CC(F)(F)F. The highest BCUT2D eigenvalue weighted by Gasteiger charge is 2.31. The summed E-state index contributed by atoms with van der Waals surface area (Å²) in [5, 5.41) is 0. The molecule has 2 aromatic rings. The summed E-state index contributed by atoms with van der Waals surface area (Å²) in [5.74, 6) is -0.214. The Hall–Kier alpha value is -1.83. The topological polar surface area (TPSA) is 44.1 Å². The van der Waals surface area contributed by atoms with Crippen LogP contribution in [0.25, 0.3) is 0 Å². The quantitative estimate of drug-likeness (QED) is 0.728. The van der Waals surface area contributed by atoms with E-state index < -0.39 is 23.1 Å². The zero-order chi connectivity index (χ0) is 17.0. The third-order valence-electron chi connectivity index (χ3n) is 2.98. The maximum atomic E-state index is 12.7. The molecule has 0 aliphatic rings. The molecule has 1 aromatic carbocycles. The van der Waals surface area contributed by atoms with Crippen molar-refractivity contribution in [1.82, 2.24) is 9.55 Å². The number of halogens is 4. The number of nitrogens with zero attached hydrogens (tertiary/aromatic N) is 2. The maximum absolute atomic E-state index is 12.7. The molecule has 0 aliphatic carbocycles. The zero-order valence-electron chi connectivity index (χ0n) is 12.2. The fraction of sp³-hybridized carbons (Fsp3) is 0.333. The molecule has 0 spiro atoms. The lowest BCUT2D eigenvalue weighted by Gasteiger charge is -2.16. The lowest BCUT2D eigenvalue weighted by molar-refractivity contribution is -0.141. The summed E-state index contributed by atoms with van der Waals surface area (Å²) in [6.07, 6.45) is -3.37. The van der Waals surface area contributed by atoms with Crippen LogP contribution in [0.2, 0.25) is 0 Å². The Labute approximate surface area is 139 Å². The molecule has 1 atom stereocenters. The number of ether oxygens (including phenoxy) is 1. The van der Waals surface area contributed by atoms with Crippen molar-refractivity contribution in [2.75, 3.05) is 0 Å². The molecule has 0 bridgehead atoms. The van der Waals surface area contributed by atoms with Gasteiger partial charge in [-0.3, -0.25) is 9.36 Å². The molecule has 8 heteroatoms. The molecule has 0 saturated heterocycles. The van der Waals surface area contributed by atoms with Crippen LogP contribution >= 0.6 is 15.9 Å². The second-order valence-electron chi connectivity index (χ2n) is 4.88. The third kappa shape index (κ3) is 4.82. The molecule has 0 radical (unpaired) electrons. The van der Waals surface area contributed by atoms with Gasteiger partial charge in [0, 0.05) is 0 Å². The van der Waals surface area contributed by atoms with E-state index in [1.165, 1.54) is 0 Å². The average molecular weight is 391 g/mol. The van der Waals surface area contributed by atoms with Crippen molar-refractivity contribution in [1.29, 1.82) is 0 Å². The summed E-state index contributed by atoms with van der Waals surface area (Å²) in [6, 6.07) is 9.00. The minimum Gasteiger partial charge on any atom is -0.482 e. The Morgan fingerprint density at radius 1 is 1.30 bits per heavy atom. The fourth-order valence-corrected chi connectivity index (χ4v) is 2.34. The lowest BCUT2D eigenvalue weighted by atomic mass is 10.2. The second-order valence-corrected chi connectivity index (χ2v) is 6.25. The Kier molecular flexibility index (Phi) is 5.46. The predicted molar refractivity (Wildman–Crippen MR) is 82.7 cm³/mol. The minimum atomic E-state index is -4.53. The Morgan fingerprint density at radius 3 is 2.52 bits per heavy atom. The van der Waals surface area contributed by atoms with E-state index in [0.29, 0.717) is 4.57 Å².